The van der Waals surface area contributed by atoms with Crippen LogP contribution in [0.15, 0.2) is 12.4 Å². The maximum atomic E-state index is 12.3. The Morgan fingerprint density at radius 3 is 2.47 bits per heavy atom. The Bertz CT molecular complexity index is 450. The Morgan fingerprint density at radius 2 is 1.95 bits per heavy atom. The highest BCUT2D eigenvalue weighted by atomic mass is 35.5. The number of amides is 1. The van der Waals surface area contributed by atoms with E-state index in [9.17, 15) is 4.79 Å². The van der Waals surface area contributed by atoms with E-state index >= 15 is 0 Å². The molecular weight excluding hydrogens is 262 g/mol. The van der Waals surface area contributed by atoms with Gasteiger partial charge in [-0.15, -0.1) is 0 Å². The molecule has 0 unspecified atom stereocenters. The lowest BCUT2D eigenvalue weighted by molar-refractivity contribution is 0.0552. The average molecular weight is 282 g/mol. The van der Waals surface area contributed by atoms with Gasteiger partial charge in [0.25, 0.3) is 5.91 Å². The predicted molar refractivity (Wildman–Crippen MR) is 75.2 cm³/mol. The van der Waals surface area contributed by atoms with Crippen LogP contribution in [0.3, 0.4) is 0 Å². The number of rotatable bonds is 3. The Balaban J connectivity index is 2.04. The molecule has 104 valence electrons. The van der Waals surface area contributed by atoms with Gasteiger partial charge >= 0.3 is 0 Å². The van der Waals surface area contributed by atoms with Crippen molar-refractivity contribution in [1.29, 1.82) is 0 Å². The highest BCUT2D eigenvalue weighted by Gasteiger charge is 2.33. The number of likely N-dealkylation sites (tertiary alicyclic amines) is 1. The molecule has 1 aliphatic heterocycles. The van der Waals surface area contributed by atoms with Gasteiger partial charge in [-0.05, 0) is 18.3 Å². The molecule has 0 bridgehead atoms. The van der Waals surface area contributed by atoms with Gasteiger partial charge in [0.15, 0.2) is 0 Å². The fourth-order valence-corrected chi connectivity index (χ4v) is 2.90. The topological polar surface area (TPSA) is 46.1 Å². The molecule has 4 nitrogen and oxygen atoms in total. The van der Waals surface area contributed by atoms with Crippen molar-refractivity contribution in [3.8, 4) is 0 Å². The standard InChI is InChI=1S/C14H20ClN3O/c1-3-14(4-2)5-7-18(8-6-14)13(19)11-9-16-10-12(15)17-11/h9-10H,3-8H2,1-2H3. The maximum Gasteiger partial charge on any atom is 0.274 e. The highest BCUT2D eigenvalue weighted by molar-refractivity contribution is 6.29. The van der Waals surface area contributed by atoms with Crippen LogP contribution in [-0.2, 0) is 0 Å². The Kier molecular flexibility index (Phi) is 4.40. The van der Waals surface area contributed by atoms with Gasteiger partial charge in [0.1, 0.15) is 10.8 Å². The van der Waals surface area contributed by atoms with Gasteiger partial charge in [-0.3, -0.25) is 9.78 Å². The van der Waals surface area contributed by atoms with Crippen LogP contribution in [0.5, 0.6) is 0 Å². The quantitative estimate of drug-likeness (QED) is 0.855. The van der Waals surface area contributed by atoms with Gasteiger partial charge in [0, 0.05) is 13.1 Å². The number of aromatic nitrogens is 2. The molecule has 19 heavy (non-hydrogen) atoms. The number of halogens is 1. The van der Waals surface area contributed by atoms with Crippen molar-refractivity contribution < 1.29 is 4.79 Å². The second-order valence-corrected chi connectivity index (χ2v) is 5.61. The molecule has 2 heterocycles. The normalized spacial score (nSPS) is 18.4. The summed E-state index contributed by atoms with van der Waals surface area (Å²) in [5.74, 6) is -0.0594. The molecular formula is C14H20ClN3O. The van der Waals surface area contributed by atoms with Crippen molar-refractivity contribution in [2.24, 2.45) is 5.41 Å². The van der Waals surface area contributed by atoms with Crippen molar-refractivity contribution in [2.45, 2.75) is 39.5 Å². The summed E-state index contributed by atoms with van der Waals surface area (Å²) < 4.78 is 0. The van der Waals surface area contributed by atoms with Crippen LogP contribution >= 0.6 is 11.6 Å². The highest BCUT2D eigenvalue weighted by Crippen LogP contribution is 2.38. The fraction of sp³-hybridized carbons (Fsp3) is 0.643. The molecule has 0 saturated carbocycles. The van der Waals surface area contributed by atoms with E-state index in [4.69, 9.17) is 11.6 Å². The lowest BCUT2D eigenvalue weighted by atomic mass is 9.74. The molecule has 0 aromatic carbocycles. The molecule has 1 aliphatic rings. The number of piperidine rings is 1. The summed E-state index contributed by atoms with van der Waals surface area (Å²) in [5, 5.41) is 0.263. The molecule has 1 fully saturated rings. The lowest BCUT2D eigenvalue weighted by Gasteiger charge is -2.40. The van der Waals surface area contributed by atoms with E-state index in [1.54, 1.807) is 0 Å². The van der Waals surface area contributed by atoms with E-state index in [1.807, 2.05) is 4.90 Å². The number of hydrogen-bond donors (Lipinski definition) is 0. The van der Waals surface area contributed by atoms with Gasteiger partial charge < -0.3 is 4.90 Å². The van der Waals surface area contributed by atoms with Gasteiger partial charge in [0.2, 0.25) is 0 Å². The molecule has 1 saturated heterocycles. The molecule has 0 atom stereocenters. The summed E-state index contributed by atoms with van der Waals surface area (Å²) in [6.45, 7) is 6.08. The van der Waals surface area contributed by atoms with Crippen molar-refractivity contribution in [2.75, 3.05) is 13.1 Å². The van der Waals surface area contributed by atoms with Crippen LogP contribution < -0.4 is 0 Å². The first-order chi connectivity index (χ1) is 9.10. The number of hydrogen-bond acceptors (Lipinski definition) is 3. The molecule has 1 aromatic rings. The van der Waals surface area contributed by atoms with E-state index < -0.39 is 0 Å². The summed E-state index contributed by atoms with van der Waals surface area (Å²) in [7, 11) is 0. The maximum absolute atomic E-state index is 12.3. The second kappa shape index (κ2) is 5.87. The van der Waals surface area contributed by atoms with E-state index in [-0.39, 0.29) is 11.1 Å². The Labute approximate surface area is 119 Å². The third kappa shape index (κ3) is 3.06. The SMILES string of the molecule is CCC1(CC)CCN(C(=O)c2cncc(Cl)n2)CC1. The molecule has 0 radical (unpaired) electrons. The Morgan fingerprint density at radius 1 is 1.32 bits per heavy atom. The minimum Gasteiger partial charge on any atom is -0.337 e. The Hall–Kier alpha value is -1.16. The van der Waals surface area contributed by atoms with Crippen LogP contribution in [0.2, 0.25) is 5.15 Å². The van der Waals surface area contributed by atoms with E-state index in [2.05, 4.69) is 23.8 Å². The van der Waals surface area contributed by atoms with Crippen LogP contribution in [0.1, 0.15) is 50.0 Å². The summed E-state index contributed by atoms with van der Waals surface area (Å²) in [6, 6.07) is 0. The lowest BCUT2D eigenvalue weighted by Crippen LogP contribution is -2.43. The second-order valence-electron chi connectivity index (χ2n) is 5.23. The van der Waals surface area contributed by atoms with E-state index in [0.29, 0.717) is 11.1 Å². The number of carbonyl (C=O) groups is 1. The molecule has 0 spiro atoms. The van der Waals surface area contributed by atoms with Crippen molar-refractivity contribution in [3.05, 3.63) is 23.2 Å². The molecule has 1 aromatic heterocycles. The van der Waals surface area contributed by atoms with Crippen LogP contribution in [0.4, 0.5) is 0 Å². The number of carbonyl (C=O) groups excluding carboxylic acids is 1. The van der Waals surface area contributed by atoms with Gasteiger partial charge in [-0.2, -0.15) is 0 Å². The predicted octanol–water partition coefficient (Wildman–Crippen LogP) is 3.17. The minimum atomic E-state index is -0.0594. The van der Waals surface area contributed by atoms with Crippen molar-refractivity contribution in [1.82, 2.24) is 14.9 Å². The third-order valence-corrected chi connectivity index (χ3v) is 4.62. The van der Waals surface area contributed by atoms with E-state index in [1.165, 1.54) is 25.2 Å². The van der Waals surface area contributed by atoms with E-state index in [0.717, 1.165) is 25.9 Å². The summed E-state index contributed by atoms with van der Waals surface area (Å²) in [6.07, 6.45) is 7.42. The zero-order chi connectivity index (χ0) is 13.9. The molecule has 0 aliphatic carbocycles. The van der Waals surface area contributed by atoms with Crippen molar-refractivity contribution in [3.63, 3.8) is 0 Å². The zero-order valence-electron chi connectivity index (χ0n) is 11.5. The van der Waals surface area contributed by atoms with Crippen LogP contribution in [0.25, 0.3) is 0 Å². The van der Waals surface area contributed by atoms with Gasteiger partial charge in [-0.25, -0.2) is 4.98 Å². The number of nitrogens with zero attached hydrogens (tertiary/aromatic N) is 3. The third-order valence-electron chi connectivity index (χ3n) is 4.44. The monoisotopic (exact) mass is 281 g/mol. The van der Waals surface area contributed by atoms with Crippen LogP contribution in [0, 0.1) is 5.41 Å². The van der Waals surface area contributed by atoms with Crippen LogP contribution in [-0.4, -0.2) is 33.9 Å². The average Bonchev–Trinajstić information content (AvgIpc) is 2.46. The molecule has 2 rings (SSSR count). The fourth-order valence-electron chi connectivity index (χ4n) is 2.75. The van der Waals surface area contributed by atoms with Gasteiger partial charge in [-0.1, -0.05) is 38.3 Å². The van der Waals surface area contributed by atoms with Gasteiger partial charge in [0.05, 0.1) is 12.4 Å². The first-order valence-corrected chi connectivity index (χ1v) is 7.25. The smallest absolute Gasteiger partial charge is 0.274 e. The minimum absolute atomic E-state index is 0.0594. The first-order valence-electron chi connectivity index (χ1n) is 6.87. The largest absolute Gasteiger partial charge is 0.337 e. The summed E-state index contributed by atoms with van der Waals surface area (Å²) in [4.78, 5) is 22.1. The molecule has 5 heteroatoms. The molecule has 1 amide bonds. The zero-order valence-corrected chi connectivity index (χ0v) is 12.3. The summed E-state index contributed by atoms with van der Waals surface area (Å²) >= 11 is 5.77. The van der Waals surface area contributed by atoms with Crippen molar-refractivity contribution >= 4 is 17.5 Å². The summed E-state index contributed by atoms with van der Waals surface area (Å²) in [5.41, 5.74) is 0.754. The molecule has 0 N–H and O–H groups in total. The first kappa shape index (κ1) is 14.3.